The highest BCUT2D eigenvalue weighted by molar-refractivity contribution is 7.89. The molecule has 3 aromatic rings. The number of carboxylic acids is 1. The van der Waals surface area contributed by atoms with Crippen LogP contribution in [0.1, 0.15) is 21.5 Å². The van der Waals surface area contributed by atoms with Crippen molar-refractivity contribution < 1.29 is 18.3 Å². The molecule has 0 atom stereocenters. The van der Waals surface area contributed by atoms with Gasteiger partial charge in [0.1, 0.15) is 0 Å². The second-order valence-electron chi connectivity index (χ2n) is 7.12. The highest BCUT2D eigenvalue weighted by atomic mass is 35.5. The summed E-state index contributed by atoms with van der Waals surface area (Å²) in [5.41, 5.74) is 3.92. The summed E-state index contributed by atoms with van der Waals surface area (Å²) in [6, 6.07) is 14.9. The lowest BCUT2D eigenvalue weighted by Crippen LogP contribution is -2.14. The molecular formula is C21H17Cl2N3O4S. The number of fused-ring (bicyclic) bond motifs is 1. The summed E-state index contributed by atoms with van der Waals surface area (Å²) < 4.78 is 23.1. The van der Waals surface area contributed by atoms with Crippen LogP contribution in [-0.4, -0.2) is 19.5 Å². The van der Waals surface area contributed by atoms with Crippen LogP contribution in [0.4, 0.5) is 17.1 Å². The molecule has 0 spiro atoms. The summed E-state index contributed by atoms with van der Waals surface area (Å²) in [7, 11) is -4.01. The number of aromatic carboxylic acids is 1. The van der Waals surface area contributed by atoms with Crippen LogP contribution in [-0.2, 0) is 23.1 Å². The number of hydrogen-bond donors (Lipinski definition) is 3. The zero-order valence-corrected chi connectivity index (χ0v) is 18.3. The molecule has 1 heterocycles. The SMILES string of the molecule is NS(=O)(=O)c1ccc(Nc2ccc3c(c2)CN(c2ccc(Cl)c(Cl)c2)C3)c(C(=O)O)c1. The van der Waals surface area contributed by atoms with Crippen LogP contribution in [0.3, 0.4) is 0 Å². The number of primary sulfonamides is 1. The largest absolute Gasteiger partial charge is 0.478 e. The van der Waals surface area contributed by atoms with Gasteiger partial charge in [-0.25, -0.2) is 18.4 Å². The smallest absolute Gasteiger partial charge is 0.337 e. The first kappa shape index (κ1) is 21.5. The van der Waals surface area contributed by atoms with Gasteiger partial charge in [-0.2, -0.15) is 0 Å². The molecule has 3 aromatic carbocycles. The van der Waals surface area contributed by atoms with Gasteiger partial charge in [0.2, 0.25) is 10.0 Å². The Kier molecular flexibility index (Phi) is 5.57. The minimum absolute atomic E-state index is 0.190. The third-order valence-electron chi connectivity index (χ3n) is 5.03. The van der Waals surface area contributed by atoms with E-state index in [1.54, 1.807) is 6.07 Å². The van der Waals surface area contributed by atoms with E-state index >= 15 is 0 Å². The van der Waals surface area contributed by atoms with Crippen LogP contribution in [0.5, 0.6) is 0 Å². The number of nitrogens with one attached hydrogen (secondary N) is 1. The van der Waals surface area contributed by atoms with Gasteiger partial charge >= 0.3 is 5.97 Å². The number of nitrogens with zero attached hydrogens (tertiary/aromatic N) is 1. The Labute approximate surface area is 189 Å². The Hall–Kier alpha value is -2.78. The van der Waals surface area contributed by atoms with E-state index in [9.17, 15) is 18.3 Å². The highest BCUT2D eigenvalue weighted by Gasteiger charge is 2.21. The van der Waals surface area contributed by atoms with Crippen molar-refractivity contribution in [1.29, 1.82) is 0 Å². The van der Waals surface area contributed by atoms with Gasteiger partial charge in [-0.1, -0.05) is 29.3 Å². The van der Waals surface area contributed by atoms with Gasteiger partial charge in [-0.05, 0) is 59.7 Å². The van der Waals surface area contributed by atoms with Gasteiger partial charge in [0, 0.05) is 24.5 Å². The van der Waals surface area contributed by atoms with E-state index in [0.717, 1.165) is 22.9 Å². The maximum Gasteiger partial charge on any atom is 0.337 e. The van der Waals surface area contributed by atoms with Gasteiger partial charge in [0.05, 0.1) is 26.2 Å². The average molecular weight is 478 g/mol. The average Bonchev–Trinajstić information content (AvgIpc) is 3.12. The van der Waals surface area contributed by atoms with Crippen molar-refractivity contribution in [3.05, 3.63) is 81.3 Å². The standard InChI is InChI=1S/C21H17Cl2N3O4S/c22-18-5-3-15(8-19(18)23)26-10-12-1-2-14(7-13(12)11-26)25-20-6-4-16(31(24,29)30)9-17(20)21(27)28/h1-9,25H,10-11H2,(H,27,28)(H2,24,29,30). The van der Waals surface area contributed by atoms with E-state index in [1.807, 2.05) is 30.3 Å². The molecule has 1 aliphatic rings. The van der Waals surface area contributed by atoms with Crippen molar-refractivity contribution in [2.75, 3.05) is 10.2 Å². The third kappa shape index (κ3) is 4.47. The minimum atomic E-state index is -4.01. The molecule has 4 N–H and O–H groups in total. The van der Waals surface area contributed by atoms with Crippen molar-refractivity contribution >= 4 is 56.3 Å². The van der Waals surface area contributed by atoms with Crippen molar-refractivity contribution in [1.82, 2.24) is 0 Å². The number of nitrogens with two attached hydrogens (primary N) is 1. The van der Waals surface area contributed by atoms with Gasteiger partial charge in [0.25, 0.3) is 0 Å². The van der Waals surface area contributed by atoms with E-state index in [4.69, 9.17) is 28.3 Å². The predicted octanol–water partition coefficient (Wildman–Crippen LogP) is 4.60. The van der Waals surface area contributed by atoms with E-state index in [-0.39, 0.29) is 16.1 Å². The Morgan fingerprint density at radius 1 is 0.968 bits per heavy atom. The summed E-state index contributed by atoms with van der Waals surface area (Å²) in [4.78, 5) is 13.5. The number of halogens is 2. The zero-order chi connectivity index (χ0) is 22.3. The first-order valence-electron chi connectivity index (χ1n) is 9.11. The van der Waals surface area contributed by atoms with Crippen LogP contribution >= 0.6 is 23.2 Å². The van der Waals surface area contributed by atoms with E-state index in [1.165, 1.54) is 12.1 Å². The Morgan fingerprint density at radius 3 is 2.39 bits per heavy atom. The number of benzene rings is 3. The number of sulfonamides is 1. The normalized spacial score (nSPS) is 13.2. The van der Waals surface area contributed by atoms with E-state index < -0.39 is 16.0 Å². The molecule has 1 aliphatic heterocycles. The molecule has 0 saturated heterocycles. The molecule has 0 radical (unpaired) electrons. The maximum absolute atomic E-state index is 11.6. The van der Waals surface area contributed by atoms with Gasteiger partial charge < -0.3 is 15.3 Å². The fraction of sp³-hybridized carbons (Fsp3) is 0.0952. The van der Waals surface area contributed by atoms with E-state index in [0.29, 0.717) is 28.8 Å². The minimum Gasteiger partial charge on any atom is -0.478 e. The second kappa shape index (κ2) is 8.05. The molecule has 0 unspecified atom stereocenters. The molecule has 0 aliphatic carbocycles. The molecule has 0 aromatic heterocycles. The number of hydrogen-bond acceptors (Lipinski definition) is 5. The molecule has 0 saturated carbocycles. The molecular weight excluding hydrogens is 461 g/mol. The van der Waals surface area contributed by atoms with Crippen LogP contribution in [0, 0.1) is 0 Å². The summed E-state index contributed by atoms with van der Waals surface area (Å²) in [6.45, 7) is 1.36. The number of anilines is 3. The molecule has 31 heavy (non-hydrogen) atoms. The van der Waals surface area contributed by atoms with Gasteiger partial charge in [0.15, 0.2) is 0 Å². The van der Waals surface area contributed by atoms with Crippen LogP contribution in [0.15, 0.2) is 59.5 Å². The monoisotopic (exact) mass is 477 g/mol. The van der Waals surface area contributed by atoms with Crippen LogP contribution in [0.2, 0.25) is 10.0 Å². The molecule has 0 amide bonds. The number of rotatable bonds is 5. The van der Waals surface area contributed by atoms with Crippen LogP contribution in [0.25, 0.3) is 0 Å². The second-order valence-corrected chi connectivity index (χ2v) is 9.50. The first-order valence-corrected chi connectivity index (χ1v) is 11.4. The Morgan fingerprint density at radius 2 is 1.71 bits per heavy atom. The maximum atomic E-state index is 11.6. The van der Waals surface area contributed by atoms with Crippen LogP contribution < -0.4 is 15.4 Å². The molecule has 7 nitrogen and oxygen atoms in total. The third-order valence-corrected chi connectivity index (χ3v) is 6.68. The molecule has 0 fully saturated rings. The summed E-state index contributed by atoms with van der Waals surface area (Å²) in [5.74, 6) is -1.26. The predicted molar refractivity (Wildman–Crippen MR) is 121 cm³/mol. The molecule has 160 valence electrons. The fourth-order valence-electron chi connectivity index (χ4n) is 3.48. The topological polar surface area (TPSA) is 113 Å². The highest BCUT2D eigenvalue weighted by Crippen LogP contribution is 2.34. The summed E-state index contributed by atoms with van der Waals surface area (Å²) in [5, 5.41) is 18.6. The van der Waals surface area contributed by atoms with Gasteiger partial charge in [-0.3, -0.25) is 0 Å². The van der Waals surface area contributed by atoms with E-state index in [2.05, 4.69) is 10.2 Å². The molecule has 0 bridgehead atoms. The fourth-order valence-corrected chi connectivity index (χ4v) is 4.31. The summed E-state index contributed by atoms with van der Waals surface area (Å²) in [6.07, 6.45) is 0. The van der Waals surface area contributed by atoms with Crippen molar-refractivity contribution in [2.45, 2.75) is 18.0 Å². The van der Waals surface area contributed by atoms with Crippen molar-refractivity contribution in [3.8, 4) is 0 Å². The van der Waals surface area contributed by atoms with Crippen molar-refractivity contribution in [3.63, 3.8) is 0 Å². The Balaban J connectivity index is 1.59. The number of carboxylic acid groups (broad SMARTS) is 1. The zero-order valence-electron chi connectivity index (χ0n) is 16.0. The number of carbonyl (C=O) groups is 1. The lowest BCUT2D eigenvalue weighted by molar-refractivity contribution is 0.0697. The van der Waals surface area contributed by atoms with Gasteiger partial charge in [-0.15, -0.1) is 0 Å². The molecule has 4 rings (SSSR count). The quantitative estimate of drug-likeness (QED) is 0.494. The van der Waals surface area contributed by atoms with Crippen molar-refractivity contribution in [2.24, 2.45) is 5.14 Å². The Bertz CT molecular complexity index is 1310. The first-order chi connectivity index (χ1) is 14.6. The summed E-state index contributed by atoms with van der Waals surface area (Å²) >= 11 is 12.1. The lowest BCUT2D eigenvalue weighted by Gasteiger charge is -2.18. The molecule has 10 heteroatoms. The lowest BCUT2D eigenvalue weighted by atomic mass is 10.1.